The largest absolute Gasteiger partial charge is 0.497 e. The predicted octanol–water partition coefficient (Wildman–Crippen LogP) is 3.98. The van der Waals surface area contributed by atoms with Crippen molar-refractivity contribution in [2.45, 2.75) is 32.4 Å². The Kier molecular flexibility index (Phi) is 4.70. The summed E-state index contributed by atoms with van der Waals surface area (Å²) in [7, 11) is 1.62. The molecule has 0 amide bonds. The van der Waals surface area contributed by atoms with Crippen LogP contribution in [-0.2, 0) is 6.54 Å². The van der Waals surface area contributed by atoms with Gasteiger partial charge in [-0.25, -0.2) is 0 Å². The lowest BCUT2D eigenvalue weighted by atomic mass is 10.1. The lowest BCUT2D eigenvalue weighted by Gasteiger charge is -2.25. The average molecular weight is 340 g/mol. The van der Waals surface area contributed by atoms with Crippen LogP contribution >= 0.6 is 0 Å². The summed E-state index contributed by atoms with van der Waals surface area (Å²) in [6.07, 6.45) is 2.03. The Morgan fingerprint density at radius 1 is 1.24 bits per heavy atom. The molecule has 25 heavy (non-hydrogen) atoms. The van der Waals surface area contributed by atoms with Crippen molar-refractivity contribution in [1.82, 2.24) is 0 Å². The second kappa shape index (κ2) is 6.93. The molecule has 0 atom stereocenters. The van der Waals surface area contributed by atoms with E-state index in [0.29, 0.717) is 23.8 Å². The summed E-state index contributed by atoms with van der Waals surface area (Å²) >= 11 is 0. The summed E-state index contributed by atoms with van der Waals surface area (Å²) in [6.45, 7) is 1.99. The van der Waals surface area contributed by atoms with Gasteiger partial charge in [-0.3, -0.25) is 14.9 Å². The number of nitro benzene ring substituents is 1. The van der Waals surface area contributed by atoms with E-state index in [4.69, 9.17) is 4.74 Å². The summed E-state index contributed by atoms with van der Waals surface area (Å²) in [5, 5.41) is 11.5. The lowest BCUT2D eigenvalue weighted by Crippen LogP contribution is -2.26. The maximum absolute atomic E-state index is 11.6. The molecular weight excluding hydrogens is 320 g/mol. The molecule has 0 bridgehead atoms. The van der Waals surface area contributed by atoms with Crippen LogP contribution < -0.4 is 9.64 Å². The van der Waals surface area contributed by atoms with Gasteiger partial charge in [-0.1, -0.05) is 12.1 Å². The first-order chi connectivity index (χ1) is 12.0. The van der Waals surface area contributed by atoms with Crippen LogP contribution in [0.25, 0.3) is 0 Å². The predicted molar refractivity (Wildman–Crippen MR) is 95.3 cm³/mol. The van der Waals surface area contributed by atoms with Crippen LogP contribution in [0.15, 0.2) is 42.5 Å². The van der Waals surface area contributed by atoms with Gasteiger partial charge in [0.25, 0.3) is 5.69 Å². The molecule has 3 rings (SSSR count). The number of nitrogens with zero attached hydrogens (tertiary/aromatic N) is 2. The van der Waals surface area contributed by atoms with E-state index >= 15 is 0 Å². The zero-order valence-electron chi connectivity index (χ0n) is 14.3. The Balaban J connectivity index is 1.94. The van der Waals surface area contributed by atoms with Crippen LogP contribution in [0.4, 0.5) is 11.4 Å². The number of nitro groups is 1. The van der Waals surface area contributed by atoms with Gasteiger partial charge in [-0.15, -0.1) is 0 Å². The molecule has 1 aliphatic rings. The number of anilines is 1. The first-order valence-corrected chi connectivity index (χ1v) is 8.18. The summed E-state index contributed by atoms with van der Waals surface area (Å²) in [4.78, 5) is 24.7. The van der Waals surface area contributed by atoms with Gasteiger partial charge in [0.05, 0.1) is 12.0 Å². The number of Topliss-reactive ketones (excluding diaryl/α,β-unsaturated/α-hetero) is 1. The van der Waals surface area contributed by atoms with Crippen LogP contribution in [-0.4, -0.2) is 23.9 Å². The van der Waals surface area contributed by atoms with Crippen molar-refractivity contribution in [3.8, 4) is 5.75 Å². The lowest BCUT2D eigenvalue weighted by molar-refractivity contribution is -0.384. The molecule has 0 spiro atoms. The van der Waals surface area contributed by atoms with Gasteiger partial charge in [0, 0.05) is 24.2 Å². The second-order valence-corrected chi connectivity index (χ2v) is 6.22. The topological polar surface area (TPSA) is 72.7 Å². The average Bonchev–Trinajstić information content (AvgIpc) is 3.44. The normalized spacial score (nSPS) is 13.4. The third-order valence-corrected chi connectivity index (χ3v) is 4.39. The number of rotatable bonds is 7. The fraction of sp³-hybridized carbons (Fsp3) is 0.316. The number of ketones is 1. The molecule has 1 fully saturated rings. The fourth-order valence-corrected chi connectivity index (χ4v) is 2.86. The van der Waals surface area contributed by atoms with Gasteiger partial charge in [-0.05, 0) is 49.6 Å². The molecule has 0 aliphatic heterocycles. The minimum absolute atomic E-state index is 0.0203. The zero-order chi connectivity index (χ0) is 18.0. The first kappa shape index (κ1) is 17.0. The SMILES string of the molecule is COc1ccc(CN(c2ccc(C(C)=O)cc2[N+](=O)[O-])C2CC2)cc1. The van der Waals surface area contributed by atoms with Gasteiger partial charge in [0.2, 0.25) is 0 Å². The number of benzene rings is 2. The van der Waals surface area contributed by atoms with Gasteiger partial charge in [-0.2, -0.15) is 0 Å². The highest BCUT2D eigenvalue weighted by molar-refractivity contribution is 5.95. The molecule has 1 aliphatic carbocycles. The van der Waals surface area contributed by atoms with E-state index in [2.05, 4.69) is 4.90 Å². The molecule has 0 unspecified atom stereocenters. The van der Waals surface area contributed by atoms with Gasteiger partial charge in [0.1, 0.15) is 11.4 Å². The van der Waals surface area contributed by atoms with Crippen molar-refractivity contribution < 1.29 is 14.5 Å². The maximum atomic E-state index is 11.6. The quantitative estimate of drug-likeness (QED) is 0.433. The molecule has 6 nitrogen and oxygen atoms in total. The Hall–Kier alpha value is -2.89. The zero-order valence-corrected chi connectivity index (χ0v) is 14.3. The smallest absolute Gasteiger partial charge is 0.293 e. The van der Waals surface area contributed by atoms with Crippen LogP contribution in [0.2, 0.25) is 0 Å². The molecule has 0 aromatic heterocycles. The van der Waals surface area contributed by atoms with Crippen molar-refractivity contribution in [3.05, 3.63) is 63.7 Å². The summed E-state index contributed by atoms with van der Waals surface area (Å²) in [6, 6.07) is 12.7. The number of ether oxygens (including phenoxy) is 1. The Labute approximate surface area is 146 Å². The van der Waals surface area contributed by atoms with Crippen LogP contribution in [0.3, 0.4) is 0 Å². The van der Waals surface area contributed by atoms with E-state index < -0.39 is 4.92 Å². The Morgan fingerprint density at radius 2 is 1.92 bits per heavy atom. The standard InChI is InChI=1S/C19H20N2O4/c1-13(22)15-5-10-18(19(11-15)21(23)24)20(16-6-7-16)12-14-3-8-17(25-2)9-4-14/h3-5,8-11,16H,6-7,12H2,1-2H3. The number of carbonyl (C=O) groups excluding carboxylic acids is 1. The molecule has 0 radical (unpaired) electrons. The third-order valence-electron chi connectivity index (χ3n) is 4.39. The highest BCUT2D eigenvalue weighted by Gasteiger charge is 2.33. The summed E-state index contributed by atoms with van der Waals surface area (Å²) < 4.78 is 5.17. The summed E-state index contributed by atoms with van der Waals surface area (Å²) in [5.74, 6) is 0.598. The van der Waals surface area contributed by atoms with Crippen molar-refractivity contribution in [2.24, 2.45) is 0 Å². The monoisotopic (exact) mass is 340 g/mol. The van der Waals surface area contributed by atoms with E-state index in [-0.39, 0.29) is 11.5 Å². The molecule has 130 valence electrons. The summed E-state index contributed by atoms with van der Waals surface area (Å²) in [5.41, 5.74) is 1.95. The van der Waals surface area contributed by atoms with Gasteiger partial charge in [0.15, 0.2) is 5.78 Å². The highest BCUT2D eigenvalue weighted by atomic mass is 16.6. The van der Waals surface area contributed by atoms with Crippen LogP contribution in [0, 0.1) is 10.1 Å². The fourth-order valence-electron chi connectivity index (χ4n) is 2.86. The van der Waals surface area contributed by atoms with E-state index in [1.807, 2.05) is 24.3 Å². The van der Waals surface area contributed by atoms with Crippen LogP contribution in [0.5, 0.6) is 5.75 Å². The van der Waals surface area contributed by atoms with E-state index in [0.717, 1.165) is 24.2 Å². The van der Waals surface area contributed by atoms with Crippen LogP contribution in [0.1, 0.15) is 35.7 Å². The molecule has 1 saturated carbocycles. The number of carbonyl (C=O) groups is 1. The Bertz CT molecular complexity index is 798. The van der Waals surface area contributed by atoms with E-state index in [9.17, 15) is 14.9 Å². The van der Waals surface area contributed by atoms with E-state index in [1.54, 1.807) is 19.2 Å². The van der Waals surface area contributed by atoms with E-state index in [1.165, 1.54) is 13.0 Å². The van der Waals surface area contributed by atoms with Crippen molar-refractivity contribution in [3.63, 3.8) is 0 Å². The molecule has 0 N–H and O–H groups in total. The highest BCUT2D eigenvalue weighted by Crippen LogP contribution is 2.38. The molecule has 0 saturated heterocycles. The second-order valence-electron chi connectivity index (χ2n) is 6.22. The van der Waals surface area contributed by atoms with Crippen molar-refractivity contribution >= 4 is 17.2 Å². The van der Waals surface area contributed by atoms with Gasteiger partial charge < -0.3 is 9.64 Å². The van der Waals surface area contributed by atoms with Crippen molar-refractivity contribution in [1.29, 1.82) is 0 Å². The minimum Gasteiger partial charge on any atom is -0.497 e. The molecule has 0 heterocycles. The Morgan fingerprint density at radius 3 is 2.44 bits per heavy atom. The van der Waals surface area contributed by atoms with Crippen molar-refractivity contribution in [2.75, 3.05) is 12.0 Å². The van der Waals surface area contributed by atoms with Gasteiger partial charge >= 0.3 is 0 Å². The number of hydrogen-bond acceptors (Lipinski definition) is 5. The molecule has 6 heteroatoms. The molecule has 2 aromatic rings. The maximum Gasteiger partial charge on any atom is 0.293 e. The first-order valence-electron chi connectivity index (χ1n) is 8.18. The third kappa shape index (κ3) is 3.79. The number of methoxy groups -OCH3 is 1. The minimum atomic E-state index is -0.412. The number of hydrogen-bond donors (Lipinski definition) is 0. The molecule has 2 aromatic carbocycles. The molecular formula is C19H20N2O4.